The summed E-state index contributed by atoms with van der Waals surface area (Å²) in [7, 11) is 0. The first-order chi connectivity index (χ1) is 15.6. The van der Waals surface area contributed by atoms with Crippen molar-refractivity contribution in [1.29, 1.82) is 0 Å². The first-order valence-electron chi connectivity index (χ1n) is 10.2. The zero-order valence-electron chi connectivity index (χ0n) is 17.6. The zero-order chi connectivity index (χ0) is 22.1. The fraction of sp³-hybridized carbons (Fsp3) is 0.217. The molecule has 5 rings (SSSR count). The molecule has 1 N–H and O–H groups in total. The van der Waals surface area contributed by atoms with Crippen LogP contribution in [-0.2, 0) is 11.3 Å². The molecule has 1 atom stereocenters. The summed E-state index contributed by atoms with van der Waals surface area (Å²) in [5.74, 6) is 1.98. The molecule has 1 unspecified atom stereocenters. The molecule has 0 fully saturated rings. The Balaban J connectivity index is 1.31. The van der Waals surface area contributed by atoms with Gasteiger partial charge in [0.2, 0.25) is 12.7 Å². The van der Waals surface area contributed by atoms with Gasteiger partial charge in [0.1, 0.15) is 10.9 Å². The first-order valence-corrected chi connectivity index (χ1v) is 11.1. The third kappa shape index (κ3) is 3.99. The van der Waals surface area contributed by atoms with Crippen molar-refractivity contribution < 1.29 is 14.3 Å². The average Bonchev–Trinajstić information content (AvgIpc) is 3.44. The topological polar surface area (TPSA) is 91.2 Å². The van der Waals surface area contributed by atoms with Crippen molar-refractivity contribution in [3.05, 3.63) is 66.1 Å². The van der Waals surface area contributed by atoms with E-state index in [9.17, 15) is 4.79 Å². The van der Waals surface area contributed by atoms with E-state index in [0.29, 0.717) is 18.1 Å². The van der Waals surface area contributed by atoms with Crippen LogP contribution in [0.1, 0.15) is 18.3 Å². The van der Waals surface area contributed by atoms with E-state index in [0.717, 1.165) is 33.1 Å². The Kier molecular flexibility index (Phi) is 5.40. The number of fused-ring (bicyclic) bond motifs is 2. The lowest BCUT2D eigenvalue weighted by Gasteiger charge is -2.13. The van der Waals surface area contributed by atoms with Gasteiger partial charge in [-0.05, 0) is 43.7 Å². The summed E-state index contributed by atoms with van der Waals surface area (Å²) in [6.07, 6.45) is 1.75. The number of ether oxygens (including phenoxy) is 2. The second-order valence-corrected chi connectivity index (χ2v) is 8.70. The summed E-state index contributed by atoms with van der Waals surface area (Å²) in [5.41, 5.74) is 2.59. The Morgan fingerprint density at radius 2 is 1.97 bits per heavy atom. The number of benzene rings is 2. The molecule has 0 spiro atoms. The Morgan fingerprint density at radius 1 is 1.16 bits per heavy atom. The molecule has 4 aromatic rings. The molecule has 0 radical (unpaired) electrons. The predicted molar refractivity (Wildman–Crippen MR) is 121 cm³/mol. The third-order valence-corrected chi connectivity index (χ3v) is 6.17. The number of nitrogens with one attached hydrogen (secondary N) is 1. The minimum atomic E-state index is -0.346. The first kappa shape index (κ1) is 20.3. The number of aryl methyl sites for hydroxylation is 1. The molecule has 1 amide bonds. The van der Waals surface area contributed by atoms with Crippen LogP contribution in [0.4, 0.5) is 0 Å². The Hall–Kier alpha value is -3.59. The largest absolute Gasteiger partial charge is 0.454 e. The molecule has 9 heteroatoms. The summed E-state index contributed by atoms with van der Waals surface area (Å²) in [6.45, 7) is 4.35. The number of amides is 1. The quantitative estimate of drug-likeness (QED) is 0.356. The monoisotopic (exact) mass is 447 g/mol. The van der Waals surface area contributed by atoms with Gasteiger partial charge in [-0.2, -0.15) is 5.10 Å². The maximum atomic E-state index is 12.8. The van der Waals surface area contributed by atoms with Gasteiger partial charge < -0.3 is 14.8 Å². The van der Waals surface area contributed by atoms with Crippen LogP contribution >= 0.6 is 11.8 Å². The highest BCUT2D eigenvalue weighted by Gasteiger charge is 2.20. The highest BCUT2D eigenvalue weighted by Crippen LogP contribution is 2.33. The predicted octanol–water partition coefficient (Wildman–Crippen LogP) is 3.65. The lowest BCUT2D eigenvalue weighted by molar-refractivity contribution is -0.120. The van der Waals surface area contributed by atoms with E-state index < -0.39 is 0 Å². The molecule has 2 aromatic carbocycles. The number of rotatable bonds is 6. The normalized spacial score (nSPS) is 13.3. The molecular formula is C23H21N5O3S. The molecule has 2 aromatic heterocycles. The number of para-hydroxylation sites is 1. The molecule has 1 aliphatic rings. The summed E-state index contributed by atoms with van der Waals surface area (Å²) in [5, 5.41) is 8.70. The smallest absolute Gasteiger partial charge is 0.233 e. The Labute approximate surface area is 189 Å². The van der Waals surface area contributed by atoms with Crippen molar-refractivity contribution >= 4 is 28.7 Å². The number of nitrogens with zero attached hydrogens (tertiary/aromatic N) is 4. The molecule has 3 heterocycles. The maximum absolute atomic E-state index is 12.8. The van der Waals surface area contributed by atoms with E-state index in [2.05, 4.69) is 20.4 Å². The zero-order valence-corrected chi connectivity index (χ0v) is 18.4. The van der Waals surface area contributed by atoms with E-state index in [1.54, 1.807) is 10.9 Å². The van der Waals surface area contributed by atoms with Gasteiger partial charge >= 0.3 is 0 Å². The molecule has 0 saturated heterocycles. The SMILES string of the molecule is Cc1nc(SC(C)C(=O)NCc2ccc3c(c2)OCO3)c2cnn(-c3ccccc3)c2n1. The van der Waals surface area contributed by atoms with Crippen LogP contribution in [-0.4, -0.2) is 37.7 Å². The lowest BCUT2D eigenvalue weighted by atomic mass is 10.2. The molecule has 8 nitrogen and oxygen atoms in total. The van der Waals surface area contributed by atoms with Crippen molar-refractivity contribution in [2.75, 3.05) is 6.79 Å². The van der Waals surface area contributed by atoms with E-state index in [-0.39, 0.29) is 18.0 Å². The fourth-order valence-corrected chi connectivity index (χ4v) is 4.42. The third-order valence-electron chi connectivity index (χ3n) is 5.07. The number of carbonyl (C=O) groups excluding carboxylic acids is 1. The molecule has 0 aliphatic carbocycles. The summed E-state index contributed by atoms with van der Waals surface area (Å²) in [4.78, 5) is 21.9. The number of carbonyl (C=O) groups is 1. The van der Waals surface area contributed by atoms with Crippen LogP contribution in [0.15, 0.2) is 59.8 Å². The maximum Gasteiger partial charge on any atom is 0.233 e. The highest BCUT2D eigenvalue weighted by atomic mass is 32.2. The summed E-state index contributed by atoms with van der Waals surface area (Å²) >= 11 is 1.40. The second kappa shape index (κ2) is 8.51. The summed E-state index contributed by atoms with van der Waals surface area (Å²) < 4.78 is 12.5. The van der Waals surface area contributed by atoms with Gasteiger partial charge in [0, 0.05) is 6.54 Å². The van der Waals surface area contributed by atoms with Crippen LogP contribution < -0.4 is 14.8 Å². The molecule has 0 bridgehead atoms. The lowest BCUT2D eigenvalue weighted by Crippen LogP contribution is -2.30. The van der Waals surface area contributed by atoms with Crippen molar-refractivity contribution in [2.45, 2.75) is 30.7 Å². The van der Waals surface area contributed by atoms with Gasteiger partial charge in [0.15, 0.2) is 17.1 Å². The minimum absolute atomic E-state index is 0.0764. The number of aromatic nitrogens is 4. The van der Waals surface area contributed by atoms with Crippen LogP contribution in [0.25, 0.3) is 16.7 Å². The van der Waals surface area contributed by atoms with E-state index in [4.69, 9.17) is 9.47 Å². The Morgan fingerprint density at radius 3 is 2.81 bits per heavy atom. The number of hydrogen-bond donors (Lipinski definition) is 1. The Bertz CT molecular complexity index is 1290. The molecule has 32 heavy (non-hydrogen) atoms. The van der Waals surface area contributed by atoms with Gasteiger partial charge in [-0.1, -0.05) is 36.0 Å². The van der Waals surface area contributed by atoms with Crippen molar-refractivity contribution in [2.24, 2.45) is 0 Å². The molecular weight excluding hydrogens is 426 g/mol. The van der Waals surface area contributed by atoms with E-state index in [1.807, 2.05) is 62.4 Å². The van der Waals surface area contributed by atoms with Gasteiger partial charge in [0.05, 0.1) is 22.5 Å². The van der Waals surface area contributed by atoms with Crippen LogP contribution in [0.3, 0.4) is 0 Å². The van der Waals surface area contributed by atoms with Crippen molar-refractivity contribution in [3.63, 3.8) is 0 Å². The van der Waals surface area contributed by atoms with E-state index in [1.165, 1.54) is 11.8 Å². The molecule has 1 aliphatic heterocycles. The molecule has 0 saturated carbocycles. The number of hydrogen-bond acceptors (Lipinski definition) is 7. The van der Waals surface area contributed by atoms with Crippen molar-refractivity contribution in [3.8, 4) is 17.2 Å². The fourth-order valence-electron chi connectivity index (χ4n) is 3.44. The van der Waals surface area contributed by atoms with Gasteiger partial charge in [-0.25, -0.2) is 14.6 Å². The highest BCUT2D eigenvalue weighted by molar-refractivity contribution is 8.00. The van der Waals surface area contributed by atoms with Gasteiger partial charge in [-0.15, -0.1) is 0 Å². The van der Waals surface area contributed by atoms with Gasteiger partial charge in [0.25, 0.3) is 0 Å². The van der Waals surface area contributed by atoms with E-state index >= 15 is 0 Å². The minimum Gasteiger partial charge on any atom is -0.454 e. The van der Waals surface area contributed by atoms with Crippen LogP contribution in [0.2, 0.25) is 0 Å². The standard InChI is InChI=1S/C23H21N5O3S/c1-14(22(29)24-11-16-8-9-19-20(10-16)31-13-30-19)32-23-18-12-25-28(17-6-4-3-5-7-17)21(18)26-15(2)27-23/h3-10,12,14H,11,13H2,1-2H3,(H,24,29). The number of thioether (sulfide) groups is 1. The van der Waals surface area contributed by atoms with Gasteiger partial charge in [-0.3, -0.25) is 4.79 Å². The average molecular weight is 448 g/mol. The summed E-state index contributed by atoms with van der Waals surface area (Å²) in [6, 6.07) is 15.5. The van der Waals surface area contributed by atoms with Crippen LogP contribution in [0, 0.1) is 6.92 Å². The van der Waals surface area contributed by atoms with Crippen LogP contribution in [0.5, 0.6) is 11.5 Å². The second-order valence-electron chi connectivity index (χ2n) is 7.37. The van der Waals surface area contributed by atoms with Crippen molar-refractivity contribution in [1.82, 2.24) is 25.1 Å². The molecule has 162 valence electrons.